The molecule has 1 rings (SSSR count). The molecular formula is C14H28N2O3. The van der Waals surface area contributed by atoms with Crippen LogP contribution in [0.3, 0.4) is 0 Å². The number of hydrogen-bond donors (Lipinski definition) is 2. The highest BCUT2D eigenvalue weighted by molar-refractivity contribution is 5.69. The Bertz CT molecular complexity index is 271. The molecule has 5 heteroatoms. The topological polar surface area (TPSA) is 61.8 Å². The highest BCUT2D eigenvalue weighted by Crippen LogP contribution is 2.17. The molecule has 2 unspecified atom stereocenters. The van der Waals surface area contributed by atoms with E-state index in [0.717, 1.165) is 19.6 Å². The third kappa shape index (κ3) is 6.36. The smallest absolute Gasteiger partial charge is 0.308 e. The molecule has 1 fully saturated rings. The number of aliphatic hydroxyl groups excluding tert-OH is 1. The molecule has 1 heterocycles. The molecule has 0 aliphatic carbocycles. The Hall–Kier alpha value is -0.650. The first-order valence-electron chi connectivity index (χ1n) is 7.31. The fourth-order valence-corrected chi connectivity index (χ4v) is 2.44. The number of nitrogens with one attached hydrogen (secondary N) is 1. The lowest BCUT2D eigenvalue weighted by atomic mass is 10.1. The fourth-order valence-electron chi connectivity index (χ4n) is 2.44. The van der Waals surface area contributed by atoms with E-state index in [0.29, 0.717) is 25.1 Å². The third-order valence-corrected chi connectivity index (χ3v) is 3.57. The van der Waals surface area contributed by atoms with Crippen LogP contribution in [-0.2, 0) is 9.53 Å². The quantitative estimate of drug-likeness (QED) is 0.634. The van der Waals surface area contributed by atoms with Gasteiger partial charge in [-0.15, -0.1) is 0 Å². The largest absolute Gasteiger partial charge is 0.466 e. The average Bonchev–Trinajstić information content (AvgIpc) is 2.78. The Balaban J connectivity index is 2.09. The molecule has 2 N–H and O–H groups in total. The summed E-state index contributed by atoms with van der Waals surface area (Å²) in [4.78, 5) is 13.6. The number of esters is 1. The number of nitrogens with zero attached hydrogens (tertiary/aromatic N) is 1. The first-order chi connectivity index (χ1) is 9.02. The van der Waals surface area contributed by atoms with Crippen molar-refractivity contribution in [2.75, 3.05) is 32.8 Å². The Morgan fingerprint density at radius 2 is 2.26 bits per heavy atom. The normalized spacial score (nSPS) is 21.8. The van der Waals surface area contributed by atoms with Gasteiger partial charge in [0, 0.05) is 19.1 Å². The van der Waals surface area contributed by atoms with Gasteiger partial charge in [0.2, 0.25) is 0 Å². The molecule has 1 saturated heterocycles. The fraction of sp³-hybridized carbons (Fsp3) is 0.929. The lowest BCUT2D eigenvalue weighted by molar-refractivity contribution is -0.145. The van der Waals surface area contributed by atoms with Gasteiger partial charge in [-0.3, -0.25) is 4.79 Å². The van der Waals surface area contributed by atoms with E-state index in [2.05, 4.69) is 24.1 Å². The van der Waals surface area contributed by atoms with Crippen molar-refractivity contribution >= 4 is 5.97 Å². The predicted octanol–water partition coefficient (Wildman–Crippen LogP) is 0.620. The number of likely N-dealkylation sites (tertiary alicyclic amines) is 1. The van der Waals surface area contributed by atoms with Crippen molar-refractivity contribution < 1.29 is 14.6 Å². The summed E-state index contributed by atoms with van der Waals surface area (Å²) in [6.45, 7) is 10.2. The highest BCUT2D eigenvalue weighted by Gasteiger charge is 2.23. The molecule has 0 saturated carbocycles. The lowest BCUT2D eigenvalue weighted by Gasteiger charge is -2.20. The van der Waals surface area contributed by atoms with Crippen LogP contribution in [0.1, 0.15) is 33.6 Å². The van der Waals surface area contributed by atoms with Crippen LogP contribution in [0.15, 0.2) is 0 Å². The highest BCUT2D eigenvalue weighted by atomic mass is 16.5. The van der Waals surface area contributed by atoms with Gasteiger partial charge in [-0.2, -0.15) is 0 Å². The average molecular weight is 272 g/mol. The van der Waals surface area contributed by atoms with Gasteiger partial charge in [-0.1, -0.05) is 0 Å². The SMILES string of the molecule is CCOC(=O)CC(O)CNCC1CCN(C(C)C)C1. The van der Waals surface area contributed by atoms with Crippen LogP contribution in [0.5, 0.6) is 0 Å². The number of carbonyl (C=O) groups excluding carboxylic acids is 1. The first kappa shape index (κ1) is 16.4. The van der Waals surface area contributed by atoms with E-state index in [1.54, 1.807) is 6.92 Å². The van der Waals surface area contributed by atoms with Crippen LogP contribution < -0.4 is 5.32 Å². The van der Waals surface area contributed by atoms with E-state index in [4.69, 9.17) is 4.74 Å². The summed E-state index contributed by atoms with van der Waals surface area (Å²) < 4.78 is 4.80. The van der Waals surface area contributed by atoms with E-state index >= 15 is 0 Å². The van der Waals surface area contributed by atoms with Crippen molar-refractivity contribution in [1.82, 2.24) is 10.2 Å². The number of carbonyl (C=O) groups is 1. The van der Waals surface area contributed by atoms with Gasteiger partial charge >= 0.3 is 5.97 Å². The molecule has 112 valence electrons. The molecule has 2 atom stereocenters. The summed E-state index contributed by atoms with van der Waals surface area (Å²) in [5.41, 5.74) is 0. The molecule has 1 aliphatic heterocycles. The molecular weight excluding hydrogens is 244 g/mol. The monoisotopic (exact) mass is 272 g/mol. The third-order valence-electron chi connectivity index (χ3n) is 3.57. The maximum absolute atomic E-state index is 11.2. The van der Waals surface area contributed by atoms with E-state index in [1.165, 1.54) is 6.42 Å². The van der Waals surface area contributed by atoms with E-state index in [-0.39, 0.29) is 12.4 Å². The standard InChI is InChI=1S/C14H28N2O3/c1-4-19-14(18)7-13(17)9-15-8-12-5-6-16(10-12)11(2)3/h11-13,15,17H,4-10H2,1-3H3. The second-order valence-electron chi connectivity index (χ2n) is 5.56. The van der Waals surface area contributed by atoms with E-state index in [1.807, 2.05) is 0 Å². The van der Waals surface area contributed by atoms with Gasteiger partial charge < -0.3 is 20.1 Å². The van der Waals surface area contributed by atoms with Crippen LogP contribution in [-0.4, -0.2) is 60.9 Å². The zero-order valence-electron chi connectivity index (χ0n) is 12.4. The van der Waals surface area contributed by atoms with Crippen molar-refractivity contribution in [3.63, 3.8) is 0 Å². The number of rotatable bonds is 8. The minimum atomic E-state index is -0.651. The zero-order chi connectivity index (χ0) is 14.3. The molecule has 0 spiro atoms. The van der Waals surface area contributed by atoms with Crippen LogP contribution in [0.25, 0.3) is 0 Å². The molecule has 0 aromatic heterocycles. The van der Waals surface area contributed by atoms with Crippen molar-refractivity contribution in [3.8, 4) is 0 Å². The summed E-state index contributed by atoms with van der Waals surface area (Å²) in [6, 6.07) is 0.611. The summed E-state index contributed by atoms with van der Waals surface area (Å²) in [5.74, 6) is 0.320. The van der Waals surface area contributed by atoms with Gasteiger partial charge in [-0.25, -0.2) is 0 Å². The lowest BCUT2D eigenvalue weighted by Crippen LogP contribution is -2.34. The maximum atomic E-state index is 11.2. The zero-order valence-corrected chi connectivity index (χ0v) is 12.4. The van der Waals surface area contributed by atoms with Crippen molar-refractivity contribution in [3.05, 3.63) is 0 Å². The molecule has 1 aliphatic rings. The Labute approximate surface area is 116 Å². The van der Waals surface area contributed by atoms with E-state index < -0.39 is 6.10 Å². The second kappa shape index (κ2) is 8.51. The molecule has 0 aromatic rings. The van der Waals surface area contributed by atoms with Gasteiger partial charge in [0.1, 0.15) is 0 Å². The van der Waals surface area contributed by atoms with Crippen molar-refractivity contribution in [2.45, 2.75) is 45.8 Å². The van der Waals surface area contributed by atoms with Crippen LogP contribution in [0, 0.1) is 5.92 Å². The molecule has 0 radical (unpaired) electrons. The maximum Gasteiger partial charge on any atom is 0.308 e. The summed E-state index contributed by atoms with van der Waals surface area (Å²) in [5, 5.41) is 12.9. The molecule has 0 bridgehead atoms. The van der Waals surface area contributed by atoms with Crippen molar-refractivity contribution in [1.29, 1.82) is 0 Å². The minimum Gasteiger partial charge on any atom is -0.466 e. The summed E-state index contributed by atoms with van der Waals surface area (Å²) in [7, 11) is 0. The van der Waals surface area contributed by atoms with Crippen LogP contribution >= 0.6 is 0 Å². The van der Waals surface area contributed by atoms with E-state index in [9.17, 15) is 9.90 Å². The summed E-state index contributed by atoms with van der Waals surface area (Å²) >= 11 is 0. The van der Waals surface area contributed by atoms with Crippen LogP contribution in [0.4, 0.5) is 0 Å². The Kier molecular flexibility index (Phi) is 7.34. The van der Waals surface area contributed by atoms with Gasteiger partial charge in [-0.05, 0) is 46.2 Å². The van der Waals surface area contributed by atoms with Gasteiger partial charge in [0.15, 0.2) is 0 Å². The molecule has 5 nitrogen and oxygen atoms in total. The van der Waals surface area contributed by atoms with Crippen LogP contribution in [0.2, 0.25) is 0 Å². The number of ether oxygens (including phenoxy) is 1. The molecule has 0 amide bonds. The first-order valence-corrected chi connectivity index (χ1v) is 7.31. The van der Waals surface area contributed by atoms with Gasteiger partial charge in [0.25, 0.3) is 0 Å². The van der Waals surface area contributed by atoms with Crippen molar-refractivity contribution in [2.24, 2.45) is 5.92 Å². The Morgan fingerprint density at radius 3 is 2.84 bits per heavy atom. The summed E-state index contributed by atoms with van der Waals surface area (Å²) in [6.07, 6.45) is 0.629. The second-order valence-corrected chi connectivity index (χ2v) is 5.56. The molecule has 19 heavy (non-hydrogen) atoms. The predicted molar refractivity (Wildman–Crippen MR) is 74.9 cm³/mol. The Morgan fingerprint density at radius 1 is 1.53 bits per heavy atom. The molecule has 0 aromatic carbocycles. The minimum absolute atomic E-state index is 0.0730. The number of aliphatic hydroxyl groups is 1. The number of hydrogen-bond acceptors (Lipinski definition) is 5. The van der Waals surface area contributed by atoms with Gasteiger partial charge in [0.05, 0.1) is 19.1 Å².